The molecule has 0 saturated heterocycles. The highest BCUT2D eigenvalue weighted by molar-refractivity contribution is 5.52. The van der Waals surface area contributed by atoms with E-state index >= 15 is 0 Å². The average Bonchev–Trinajstić information content (AvgIpc) is 3.08. The molecule has 1 saturated carbocycles. The Bertz CT molecular complexity index is 367. The summed E-state index contributed by atoms with van der Waals surface area (Å²) in [6.07, 6.45) is 6.18. The van der Waals surface area contributed by atoms with Gasteiger partial charge in [-0.15, -0.1) is 0 Å². The Hall–Kier alpha value is -1.12. The Balaban J connectivity index is 2.23. The molecule has 15 heavy (non-hydrogen) atoms. The topological polar surface area (TPSA) is 46.2 Å². The van der Waals surface area contributed by atoms with Crippen LogP contribution in [0.25, 0.3) is 6.08 Å². The van der Waals surface area contributed by atoms with Crippen LogP contribution in [0.5, 0.6) is 0 Å². The minimum absolute atomic E-state index is 0.0621. The van der Waals surface area contributed by atoms with Crippen molar-refractivity contribution in [2.45, 2.75) is 18.3 Å². The Morgan fingerprint density at radius 3 is 2.80 bits per heavy atom. The molecule has 1 aromatic rings. The number of benzene rings is 1. The Kier molecular flexibility index (Phi) is 2.89. The molecular weight excluding hydrogens is 186 g/mol. The van der Waals surface area contributed by atoms with Gasteiger partial charge in [-0.1, -0.05) is 36.4 Å². The van der Waals surface area contributed by atoms with E-state index in [9.17, 15) is 5.11 Å². The van der Waals surface area contributed by atoms with Crippen molar-refractivity contribution in [2.24, 2.45) is 5.73 Å². The van der Waals surface area contributed by atoms with Crippen molar-refractivity contribution in [3.63, 3.8) is 0 Å². The maximum Gasteiger partial charge on any atom is 0.0527 e. The predicted molar refractivity (Wildman–Crippen MR) is 62.5 cm³/mol. The highest BCUT2D eigenvalue weighted by Gasteiger charge is 2.43. The fourth-order valence-corrected chi connectivity index (χ4v) is 1.87. The number of nitrogens with two attached hydrogens (primary N) is 1. The zero-order valence-corrected chi connectivity index (χ0v) is 8.82. The van der Waals surface area contributed by atoms with Gasteiger partial charge in [0.2, 0.25) is 0 Å². The quantitative estimate of drug-likeness (QED) is 0.782. The van der Waals surface area contributed by atoms with Crippen LogP contribution in [0, 0.1) is 0 Å². The molecule has 0 atom stereocenters. The molecule has 2 rings (SSSR count). The van der Waals surface area contributed by atoms with E-state index in [1.54, 1.807) is 0 Å². The minimum atomic E-state index is 0.0621. The molecule has 1 aromatic carbocycles. The first-order valence-corrected chi connectivity index (χ1v) is 5.39. The first-order valence-electron chi connectivity index (χ1n) is 5.39. The van der Waals surface area contributed by atoms with Crippen molar-refractivity contribution in [2.75, 3.05) is 13.2 Å². The lowest BCUT2D eigenvalue weighted by Gasteiger charge is -2.12. The summed E-state index contributed by atoms with van der Waals surface area (Å²) in [4.78, 5) is 0. The Morgan fingerprint density at radius 1 is 1.40 bits per heavy atom. The molecule has 0 aliphatic heterocycles. The SMILES string of the molecule is NC/C=C/c1cccc(C2(CO)CC2)c1. The van der Waals surface area contributed by atoms with Crippen LogP contribution < -0.4 is 5.73 Å². The second kappa shape index (κ2) is 4.17. The van der Waals surface area contributed by atoms with Crippen molar-refractivity contribution in [3.05, 3.63) is 41.5 Å². The lowest BCUT2D eigenvalue weighted by molar-refractivity contribution is 0.255. The lowest BCUT2D eigenvalue weighted by Crippen LogP contribution is -2.11. The lowest BCUT2D eigenvalue weighted by atomic mass is 9.95. The van der Waals surface area contributed by atoms with E-state index in [0.29, 0.717) is 6.54 Å². The predicted octanol–water partition coefficient (Wildman–Crippen LogP) is 1.68. The van der Waals surface area contributed by atoms with Crippen molar-refractivity contribution in [1.82, 2.24) is 0 Å². The Labute approximate surface area is 90.4 Å². The van der Waals surface area contributed by atoms with Gasteiger partial charge in [0.1, 0.15) is 0 Å². The van der Waals surface area contributed by atoms with Gasteiger partial charge in [-0.3, -0.25) is 0 Å². The molecule has 3 N–H and O–H groups in total. The van der Waals surface area contributed by atoms with Gasteiger partial charge < -0.3 is 10.8 Å². The standard InChI is InChI=1S/C13H17NO/c14-8-2-4-11-3-1-5-12(9-11)13(10-15)6-7-13/h1-5,9,15H,6-8,10,14H2/b4-2+. The van der Waals surface area contributed by atoms with E-state index in [4.69, 9.17) is 5.73 Å². The molecule has 1 aliphatic carbocycles. The zero-order valence-electron chi connectivity index (χ0n) is 8.82. The fourth-order valence-electron chi connectivity index (χ4n) is 1.87. The van der Waals surface area contributed by atoms with Crippen LogP contribution in [0.4, 0.5) is 0 Å². The van der Waals surface area contributed by atoms with Gasteiger partial charge >= 0.3 is 0 Å². The third-order valence-corrected chi connectivity index (χ3v) is 3.10. The van der Waals surface area contributed by atoms with Gasteiger partial charge in [-0.25, -0.2) is 0 Å². The van der Waals surface area contributed by atoms with Crippen LogP contribution in [0.15, 0.2) is 30.3 Å². The van der Waals surface area contributed by atoms with E-state index in [-0.39, 0.29) is 12.0 Å². The summed E-state index contributed by atoms with van der Waals surface area (Å²) < 4.78 is 0. The molecule has 0 aromatic heterocycles. The van der Waals surface area contributed by atoms with E-state index in [1.807, 2.05) is 18.2 Å². The molecule has 0 heterocycles. The maximum atomic E-state index is 9.34. The number of hydrogen-bond donors (Lipinski definition) is 2. The second-order valence-electron chi connectivity index (χ2n) is 4.20. The average molecular weight is 203 g/mol. The summed E-state index contributed by atoms with van der Waals surface area (Å²) in [5.74, 6) is 0. The minimum Gasteiger partial charge on any atom is -0.395 e. The molecule has 0 amide bonds. The van der Waals surface area contributed by atoms with E-state index in [2.05, 4.69) is 18.2 Å². The molecule has 1 fully saturated rings. The number of aliphatic hydroxyl groups is 1. The van der Waals surface area contributed by atoms with Crippen LogP contribution in [0.2, 0.25) is 0 Å². The van der Waals surface area contributed by atoms with Crippen molar-refractivity contribution < 1.29 is 5.11 Å². The first-order chi connectivity index (χ1) is 7.30. The second-order valence-corrected chi connectivity index (χ2v) is 4.20. The van der Waals surface area contributed by atoms with Gasteiger partial charge in [0.15, 0.2) is 0 Å². The van der Waals surface area contributed by atoms with E-state index < -0.39 is 0 Å². The molecule has 0 bridgehead atoms. The number of hydrogen-bond acceptors (Lipinski definition) is 2. The molecule has 2 nitrogen and oxygen atoms in total. The normalized spacial score (nSPS) is 18.3. The summed E-state index contributed by atoms with van der Waals surface area (Å²) in [6, 6.07) is 8.35. The maximum absolute atomic E-state index is 9.34. The summed E-state index contributed by atoms with van der Waals surface area (Å²) in [6.45, 7) is 0.826. The van der Waals surface area contributed by atoms with Crippen LogP contribution in [0.1, 0.15) is 24.0 Å². The molecule has 2 heteroatoms. The first kappa shape index (κ1) is 10.4. The van der Waals surface area contributed by atoms with Crippen LogP contribution in [-0.2, 0) is 5.41 Å². The smallest absolute Gasteiger partial charge is 0.0527 e. The van der Waals surface area contributed by atoms with Gasteiger partial charge in [-0.2, -0.15) is 0 Å². The molecule has 0 unspecified atom stereocenters. The zero-order chi connectivity index (χ0) is 10.7. The molecule has 0 radical (unpaired) electrons. The summed E-state index contributed by atoms with van der Waals surface area (Å²) in [5, 5.41) is 9.34. The highest BCUT2D eigenvalue weighted by atomic mass is 16.3. The molecular formula is C13H17NO. The van der Waals surface area contributed by atoms with Gasteiger partial charge in [-0.05, 0) is 24.0 Å². The highest BCUT2D eigenvalue weighted by Crippen LogP contribution is 2.47. The largest absolute Gasteiger partial charge is 0.395 e. The number of rotatable bonds is 4. The van der Waals surface area contributed by atoms with Gasteiger partial charge in [0.25, 0.3) is 0 Å². The monoisotopic (exact) mass is 203 g/mol. The molecule has 1 aliphatic rings. The fraction of sp³-hybridized carbons (Fsp3) is 0.385. The van der Waals surface area contributed by atoms with Crippen LogP contribution in [0.3, 0.4) is 0 Å². The van der Waals surface area contributed by atoms with Crippen molar-refractivity contribution >= 4 is 6.08 Å². The summed E-state index contributed by atoms with van der Waals surface area (Å²) in [5.41, 5.74) is 7.89. The van der Waals surface area contributed by atoms with Crippen molar-refractivity contribution in [3.8, 4) is 0 Å². The summed E-state index contributed by atoms with van der Waals surface area (Å²) >= 11 is 0. The Morgan fingerprint density at radius 2 is 2.20 bits per heavy atom. The van der Waals surface area contributed by atoms with E-state index in [0.717, 1.165) is 18.4 Å². The third kappa shape index (κ3) is 2.11. The molecule has 0 spiro atoms. The van der Waals surface area contributed by atoms with Crippen LogP contribution in [-0.4, -0.2) is 18.3 Å². The third-order valence-electron chi connectivity index (χ3n) is 3.10. The number of aliphatic hydroxyl groups excluding tert-OH is 1. The van der Waals surface area contributed by atoms with Gasteiger partial charge in [0.05, 0.1) is 6.61 Å². The van der Waals surface area contributed by atoms with Gasteiger partial charge in [0, 0.05) is 12.0 Å². The van der Waals surface area contributed by atoms with E-state index in [1.165, 1.54) is 5.56 Å². The van der Waals surface area contributed by atoms with Crippen molar-refractivity contribution in [1.29, 1.82) is 0 Å². The summed E-state index contributed by atoms with van der Waals surface area (Å²) in [7, 11) is 0. The molecule has 80 valence electrons. The van der Waals surface area contributed by atoms with Crippen LogP contribution >= 0.6 is 0 Å².